The zero-order valence-corrected chi connectivity index (χ0v) is 12.9. The fourth-order valence-corrected chi connectivity index (χ4v) is 2.40. The first kappa shape index (κ1) is 16.4. The molecule has 0 saturated carbocycles. The Morgan fingerprint density at radius 1 is 1.40 bits per heavy atom. The van der Waals surface area contributed by atoms with Crippen molar-refractivity contribution in [1.82, 2.24) is 4.98 Å². The number of carbonyl (C=O) groups is 1. The molecule has 2 aromatic heterocycles. The maximum absolute atomic E-state index is 12.5. The Morgan fingerprint density at radius 3 is 2.88 bits per heavy atom. The number of hydrogen-bond donors (Lipinski definition) is 1. The highest BCUT2D eigenvalue weighted by atomic mass is 19.3. The van der Waals surface area contributed by atoms with Gasteiger partial charge in [0.05, 0.1) is 16.8 Å². The molecule has 0 aliphatic heterocycles. The minimum Gasteiger partial charge on any atom is -0.450 e. The number of fused-ring (bicyclic) bond motifs is 1. The predicted molar refractivity (Wildman–Crippen MR) is 84.5 cm³/mol. The number of rotatable bonds is 4. The van der Waals surface area contributed by atoms with Gasteiger partial charge >= 0.3 is 6.61 Å². The number of aromatic nitrogens is 1. The SMILES string of the molecule is Cc1oc(C#N)cc1C(=O)Nc1ccc(OC(F)F)c2cccnc12. The summed E-state index contributed by atoms with van der Waals surface area (Å²) < 4.78 is 34.6. The smallest absolute Gasteiger partial charge is 0.387 e. The lowest BCUT2D eigenvalue weighted by atomic mass is 10.1. The van der Waals surface area contributed by atoms with Crippen LogP contribution in [0.25, 0.3) is 10.9 Å². The van der Waals surface area contributed by atoms with Crippen molar-refractivity contribution in [3.05, 3.63) is 53.6 Å². The molecule has 0 radical (unpaired) electrons. The Bertz CT molecular complexity index is 992. The van der Waals surface area contributed by atoms with Crippen molar-refractivity contribution in [1.29, 1.82) is 5.26 Å². The number of amides is 1. The van der Waals surface area contributed by atoms with Crippen LogP contribution in [0.1, 0.15) is 21.9 Å². The molecule has 2 heterocycles. The van der Waals surface area contributed by atoms with Gasteiger partial charge in [-0.15, -0.1) is 0 Å². The Labute approximate surface area is 140 Å². The summed E-state index contributed by atoms with van der Waals surface area (Å²) >= 11 is 0. The molecule has 0 bridgehead atoms. The number of furan rings is 1. The first-order valence-electron chi connectivity index (χ1n) is 7.14. The molecular formula is C17H11F2N3O3. The quantitative estimate of drug-likeness (QED) is 0.777. The summed E-state index contributed by atoms with van der Waals surface area (Å²) in [6.45, 7) is -1.41. The molecule has 8 heteroatoms. The predicted octanol–water partition coefficient (Wildman–Crippen LogP) is 3.86. The van der Waals surface area contributed by atoms with E-state index in [2.05, 4.69) is 15.0 Å². The van der Waals surface area contributed by atoms with Crippen molar-refractivity contribution in [3.8, 4) is 11.8 Å². The van der Waals surface area contributed by atoms with Crippen LogP contribution in [0.2, 0.25) is 0 Å². The van der Waals surface area contributed by atoms with Crippen LogP contribution in [0.4, 0.5) is 14.5 Å². The number of anilines is 1. The molecule has 0 spiro atoms. The molecule has 0 saturated heterocycles. The lowest BCUT2D eigenvalue weighted by molar-refractivity contribution is -0.0488. The zero-order valence-electron chi connectivity index (χ0n) is 12.9. The van der Waals surface area contributed by atoms with Gasteiger partial charge in [0.2, 0.25) is 5.76 Å². The molecular weight excluding hydrogens is 332 g/mol. The monoisotopic (exact) mass is 343 g/mol. The van der Waals surface area contributed by atoms with Gasteiger partial charge in [0.15, 0.2) is 0 Å². The van der Waals surface area contributed by atoms with Crippen LogP contribution >= 0.6 is 0 Å². The van der Waals surface area contributed by atoms with Crippen LogP contribution in [-0.2, 0) is 0 Å². The first-order chi connectivity index (χ1) is 12.0. The summed E-state index contributed by atoms with van der Waals surface area (Å²) in [6, 6.07) is 9.03. The van der Waals surface area contributed by atoms with Crippen molar-refractivity contribution < 1.29 is 22.7 Å². The van der Waals surface area contributed by atoms with Crippen molar-refractivity contribution in [2.24, 2.45) is 0 Å². The number of ether oxygens (including phenoxy) is 1. The summed E-state index contributed by atoms with van der Waals surface area (Å²) in [6.07, 6.45) is 1.47. The van der Waals surface area contributed by atoms with Gasteiger partial charge in [-0.3, -0.25) is 9.78 Å². The van der Waals surface area contributed by atoms with Crippen LogP contribution < -0.4 is 10.1 Å². The second-order valence-electron chi connectivity index (χ2n) is 5.04. The minimum absolute atomic E-state index is 0.0197. The maximum Gasteiger partial charge on any atom is 0.387 e. The van der Waals surface area contributed by atoms with Crippen LogP contribution in [0.3, 0.4) is 0 Å². The summed E-state index contributed by atoms with van der Waals surface area (Å²) in [5, 5.41) is 11.8. The molecule has 0 unspecified atom stereocenters. The Hall–Kier alpha value is -3.47. The van der Waals surface area contributed by atoms with E-state index in [0.717, 1.165) is 0 Å². The normalized spacial score (nSPS) is 10.7. The van der Waals surface area contributed by atoms with E-state index in [0.29, 0.717) is 22.4 Å². The van der Waals surface area contributed by atoms with Crippen molar-refractivity contribution in [2.45, 2.75) is 13.5 Å². The topological polar surface area (TPSA) is 88.2 Å². The van der Waals surface area contributed by atoms with E-state index in [1.807, 2.05) is 6.07 Å². The largest absolute Gasteiger partial charge is 0.450 e. The fourth-order valence-electron chi connectivity index (χ4n) is 2.40. The van der Waals surface area contributed by atoms with E-state index in [1.165, 1.54) is 24.4 Å². The van der Waals surface area contributed by atoms with E-state index in [4.69, 9.17) is 9.68 Å². The van der Waals surface area contributed by atoms with Crippen LogP contribution in [0.5, 0.6) is 5.75 Å². The van der Waals surface area contributed by atoms with Gasteiger partial charge in [-0.1, -0.05) is 0 Å². The number of hydrogen-bond acceptors (Lipinski definition) is 5. The van der Waals surface area contributed by atoms with E-state index in [9.17, 15) is 13.6 Å². The Morgan fingerprint density at radius 2 is 2.20 bits per heavy atom. The molecule has 6 nitrogen and oxygen atoms in total. The number of nitrogens with zero attached hydrogens (tertiary/aromatic N) is 2. The molecule has 0 aliphatic rings. The summed E-state index contributed by atoms with van der Waals surface area (Å²) in [4.78, 5) is 16.5. The van der Waals surface area contributed by atoms with E-state index in [-0.39, 0.29) is 17.1 Å². The van der Waals surface area contributed by atoms with Crippen LogP contribution in [-0.4, -0.2) is 17.5 Å². The van der Waals surface area contributed by atoms with Gasteiger partial charge in [0, 0.05) is 17.6 Å². The molecule has 1 amide bonds. The fraction of sp³-hybridized carbons (Fsp3) is 0.118. The van der Waals surface area contributed by atoms with Gasteiger partial charge in [-0.25, -0.2) is 0 Å². The first-order valence-corrected chi connectivity index (χ1v) is 7.14. The van der Waals surface area contributed by atoms with Gasteiger partial charge in [-0.2, -0.15) is 14.0 Å². The van der Waals surface area contributed by atoms with Crippen molar-refractivity contribution in [2.75, 3.05) is 5.32 Å². The second kappa shape index (κ2) is 6.57. The summed E-state index contributed by atoms with van der Waals surface area (Å²) in [5.41, 5.74) is 0.825. The van der Waals surface area contributed by atoms with E-state index < -0.39 is 12.5 Å². The standard InChI is InChI=1S/C17H11F2N3O3/c1-9-12(7-10(8-20)24-9)16(23)22-13-4-5-14(25-17(18)19)11-3-2-6-21-15(11)13/h2-7,17H,1H3,(H,22,23). The Kier molecular flexibility index (Phi) is 4.31. The third-order valence-electron chi connectivity index (χ3n) is 3.47. The molecule has 25 heavy (non-hydrogen) atoms. The van der Waals surface area contributed by atoms with Gasteiger partial charge < -0.3 is 14.5 Å². The lowest BCUT2D eigenvalue weighted by Gasteiger charge is -2.12. The number of benzene rings is 1. The highest BCUT2D eigenvalue weighted by Crippen LogP contribution is 2.31. The lowest BCUT2D eigenvalue weighted by Crippen LogP contribution is -2.13. The third kappa shape index (κ3) is 3.26. The number of carbonyl (C=O) groups excluding carboxylic acids is 1. The second-order valence-corrected chi connectivity index (χ2v) is 5.04. The Balaban J connectivity index is 1.98. The molecule has 3 rings (SSSR count). The maximum atomic E-state index is 12.5. The van der Waals surface area contributed by atoms with E-state index >= 15 is 0 Å². The molecule has 1 N–H and O–H groups in total. The summed E-state index contributed by atoms with van der Waals surface area (Å²) in [7, 11) is 0. The minimum atomic E-state index is -2.97. The van der Waals surface area contributed by atoms with Crippen LogP contribution in [0.15, 0.2) is 40.9 Å². The van der Waals surface area contributed by atoms with Gasteiger partial charge in [-0.05, 0) is 31.2 Å². The number of aryl methyl sites for hydroxylation is 1. The third-order valence-corrected chi connectivity index (χ3v) is 3.47. The number of nitriles is 1. The average Bonchev–Trinajstić information content (AvgIpc) is 2.98. The highest BCUT2D eigenvalue weighted by Gasteiger charge is 2.18. The number of nitrogens with one attached hydrogen (secondary N) is 1. The number of alkyl halides is 2. The van der Waals surface area contributed by atoms with Crippen LogP contribution in [0, 0.1) is 18.3 Å². The zero-order chi connectivity index (χ0) is 18.0. The molecule has 3 aromatic rings. The molecule has 0 fully saturated rings. The number of halogens is 2. The van der Waals surface area contributed by atoms with Gasteiger partial charge in [0.1, 0.15) is 17.6 Å². The van der Waals surface area contributed by atoms with Gasteiger partial charge in [0.25, 0.3) is 5.91 Å². The molecule has 0 atom stereocenters. The average molecular weight is 343 g/mol. The number of pyridine rings is 1. The van der Waals surface area contributed by atoms with E-state index in [1.54, 1.807) is 19.1 Å². The molecule has 0 aliphatic carbocycles. The molecule has 1 aromatic carbocycles. The van der Waals surface area contributed by atoms with Crippen molar-refractivity contribution >= 4 is 22.5 Å². The molecule has 126 valence electrons. The summed E-state index contributed by atoms with van der Waals surface area (Å²) in [5.74, 6) is -0.227. The van der Waals surface area contributed by atoms with Crippen molar-refractivity contribution in [3.63, 3.8) is 0 Å². The highest BCUT2D eigenvalue weighted by molar-refractivity contribution is 6.09.